The molecule has 2 aromatic rings. The predicted molar refractivity (Wildman–Crippen MR) is 65.5 cm³/mol. The third kappa shape index (κ3) is 2.36. The minimum Gasteiger partial charge on any atom is -0.397 e. The second-order valence-corrected chi connectivity index (χ2v) is 3.99. The molecule has 6 heteroatoms. The lowest BCUT2D eigenvalue weighted by molar-refractivity contribution is 0.512. The number of hydrogen-bond acceptors (Lipinski definition) is 2. The number of nitrogen functional groups attached to an aromatic ring is 1. The molecule has 0 atom stereocenters. The molecule has 0 aliphatic heterocycles. The van der Waals surface area contributed by atoms with Crippen molar-refractivity contribution in [3.8, 4) is 0 Å². The van der Waals surface area contributed by atoms with Gasteiger partial charge in [0, 0.05) is 6.07 Å². The second kappa shape index (κ2) is 4.78. The molecule has 18 heavy (non-hydrogen) atoms. The van der Waals surface area contributed by atoms with E-state index in [0.29, 0.717) is 0 Å². The Morgan fingerprint density at radius 1 is 1.00 bits per heavy atom. The molecule has 3 N–H and O–H groups in total. The van der Waals surface area contributed by atoms with Gasteiger partial charge >= 0.3 is 0 Å². The van der Waals surface area contributed by atoms with E-state index in [4.69, 9.17) is 17.3 Å². The van der Waals surface area contributed by atoms with Gasteiger partial charge in [-0.2, -0.15) is 0 Å². The fraction of sp³-hybridized carbons (Fsp3) is 0. The minimum atomic E-state index is -1.04. The number of nitrogens with one attached hydrogen (secondary N) is 1. The number of benzene rings is 2. The number of rotatable bonds is 2. The Hall–Kier alpha value is -1.88. The number of halogens is 4. The first kappa shape index (κ1) is 12.6. The second-order valence-electron chi connectivity index (χ2n) is 3.58. The van der Waals surface area contributed by atoms with E-state index in [9.17, 15) is 13.2 Å². The lowest BCUT2D eigenvalue weighted by atomic mass is 10.2. The smallest absolute Gasteiger partial charge is 0.182 e. The van der Waals surface area contributed by atoms with Gasteiger partial charge in [0.05, 0.1) is 22.1 Å². The van der Waals surface area contributed by atoms with Crippen LogP contribution < -0.4 is 11.1 Å². The predicted octanol–water partition coefficient (Wildman–Crippen LogP) is 4.08. The SMILES string of the molecule is Nc1cc(F)c(Cl)cc1Nc1cccc(F)c1F. The highest BCUT2D eigenvalue weighted by Crippen LogP contribution is 2.30. The van der Waals surface area contributed by atoms with Gasteiger partial charge in [-0.05, 0) is 18.2 Å². The van der Waals surface area contributed by atoms with Crippen molar-refractivity contribution in [3.63, 3.8) is 0 Å². The maximum Gasteiger partial charge on any atom is 0.182 e. The summed E-state index contributed by atoms with van der Waals surface area (Å²) in [5, 5.41) is 2.39. The summed E-state index contributed by atoms with van der Waals surface area (Å²) in [7, 11) is 0. The van der Waals surface area contributed by atoms with Crippen molar-refractivity contribution in [2.45, 2.75) is 0 Å². The largest absolute Gasteiger partial charge is 0.397 e. The summed E-state index contributed by atoms with van der Waals surface area (Å²) in [6.45, 7) is 0. The van der Waals surface area contributed by atoms with Gasteiger partial charge in [-0.1, -0.05) is 17.7 Å². The molecule has 2 nitrogen and oxygen atoms in total. The molecule has 2 aromatic carbocycles. The Morgan fingerprint density at radius 2 is 1.72 bits per heavy atom. The number of anilines is 3. The molecule has 2 rings (SSSR count). The van der Waals surface area contributed by atoms with Crippen LogP contribution in [0.5, 0.6) is 0 Å². The van der Waals surface area contributed by atoms with Crippen LogP contribution in [0.4, 0.5) is 30.2 Å². The Morgan fingerprint density at radius 3 is 2.44 bits per heavy atom. The van der Waals surface area contributed by atoms with Gasteiger partial charge in [0.15, 0.2) is 11.6 Å². The molecule has 0 spiro atoms. The van der Waals surface area contributed by atoms with Gasteiger partial charge in [-0.3, -0.25) is 0 Å². The van der Waals surface area contributed by atoms with E-state index in [0.717, 1.165) is 12.1 Å². The van der Waals surface area contributed by atoms with Crippen molar-refractivity contribution in [2.75, 3.05) is 11.1 Å². The highest BCUT2D eigenvalue weighted by atomic mass is 35.5. The molecular weight excluding hydrogens is 265 g/mol. The van der Waals surface area contributed by atoms with E-state index in [2.05, 4.69) is 5.32 Å². The maximum absolute atomic E-state index is 13.4. The van der Waals surface area contributed by atoms with Crippen LogP contribution in [0.15, 0.2) is 30.3 Å². The average molecular weight is 273 g/mol. The van der Waals surface area contributed by atoms with Crippen molar-refractivity contribution in [2.24, 2.45) is 0 Å². The summed E-state index contributed by atoms with van der Waals surface area (Å²) in [4.78, 5) is 0. The van der Waals surface area contributed by atoms with E-state index >= 15 is 0 Å². The van der Waals surface area contributed by atoms with Crippen LogP contribution in [0.2, 0.25) is 5.02 Å². The molecule has 0 saturated carbocycles. The molecule has 0 aliphatic rings. The molecule has 94 valence electrons. The third-order valence-corrected chi connectivity index (χ3v) is 2.60. The van der Waals surface area contributed by atoms with Crippen LogP contribution in [0, 0.1) is 17.5 Å². The standard InChI is InChI=1S/C12H8ClF3N2/c13-6-4-11(9(17)5-8(6)15)18-10-3-1-2-7(14)12(10)16/h1-5,18H,17H2. The van der Waals surface area contributed by atoms with Crippen LogP contribution in [-0.2, 0) is 0 Å². The molecule has 0 aromatic heterocycles. The molecule has 0 saturated heterocycles. The number of hydrogen-bond donors (Lipinski definition) is 2. The van der Waals surface area contributed by atoms with Gasteiger partial charge in [-0.25, -0.2) is 13.2 Å². The van der Waals surface area contributed by atoms with Crippen LogP contribution in [0.25, 0.3) is 0 Å². The van der Waals surface area contributed by atoms with Crippen molar-refractivity contribution >= 4 is 28.7 Å². The van der Waals surface area contributed by atoms with E-state index in [1.165, 1.54) is 18.2 Å². The zero-order valence-corrected chi connectivity index (χ0v) is 9.73. The molecule has 0 heterocycles. The van der Waals surface area contributed by atoms with Crippen LogP contribution in [-0.4, -0.2) is 0 Å². The van der Waals surface area contributed by atoms with Gasteiger partial charge in [0.2, 0.25) is 0 Å². The highest BCUT2D eigenvalue weighted by Gasteiger charge is 2.11. The van der Waals surface area contributed by atoms with Crippen LogP contribution in [0.1, 0.15) is 0 Å². The zero-order valence-electron chi connectivity index (χ0n) is 8.98. The minimum absolute atomic E-state index is 0.0422. The fourth-order valence-electron chi connectivity index (χ4n) is 1.42. The average Bonchev–Trinajstić information content (AvgIpc) is 2.32. The van der Waals surface area contributed by atoms with E-state index in [-0.39, 0.29) is 22.1 Å². The lowest BCUT2D eigenvalue weighted by Gasteiger charge is -2.11. The zero-order chi connectivity index (χ0) is 13.3. The van der Waals surface area contributed by atoms with Gasteiger partial charge in [0.25, 0.3) is 0 Å². The third-order valence-electron chi connectivity index (χ3n) is 2.31. The van der Waals surface area contributed by atoms with Gasteiger partial charge < -0.3 is 11.1 Å². The van der Waals surface area contributed by atoms with Crippen LogP contribution >= 0.6 is 11.6 Å². The lowest BCUT2D eigenvalue weighted by Crippen LogP contribution is -2.00. The first-order chi connectivity index (χ1) is 8.49. The first-order valence-corrected chi connectivity index (χ1v) is 5.32. The Balaban J connectivity index is 2.40. The summed E-state index contributed by atoms with van der Waals surface area (Å²) in [5.74, 6) is -2.72. The first-order valence-electron chi connectivity index (χ1n) is 4.94. The highest BCUT2D eigenvalue weighted by molar-refractivity contribution is 6.31. The summed E-state index contributed by atoms with van der Waals surface area (Å²) < 4.78 is 39.5. The van der Waals surface area contributed by atoms with E-state index in [1.54, 1.807) is 0 Å². The normalized spacial score (nSPS) is 10.4. The van der Waals surface area contributed by atoms with Gasteiger partial charge in [0.1, 0.15) is 5.82 Å². The quantitative estimate of drug-likeness (QED) is 0.808. The summed E-state index contributed by atoms with van der Waals surface area (Å²) >= 11 is 5.58. The van der Waals surface area contributed by atoms with Crippen molar-refractivity contribution < 1.29 is 13.2 Å². The molecule has 0 fully saturated rings. The van der Waals surface area contributed by atoms with E-state index < -0.39 is 17.5 Å². The Bertz CT molecular complexity index is 602. The Labute approximate surface area is 106 Å². The molecular formula is C12H8ClF3N2. The summed E-state index contributed by atoms with van der Waals surface area (Å²) in [6, 6.07) is 5.86. The van der Waals surface area contributed by atoms with Crippen molar-refractivity contribution in [3.05, 3.63) is 52.8 Å². The molecule has 0 aliphatic carbocycles. The molecule has 0 unspecified atom stereocenters. The molecule has 0 bridgehead atoms. The summed E-state index contributed by atoms with van der Waals surface area (Å²) in [5.41, 5.74) is 5.68. The topological polar surface area (TPSA) is 38.0 Å². The van der Waals surface area contributed by atoms with Crippen LogP contribution in [0.3, 0.4) is 0 Å². The van der Waals surface area contributed by atoms with Gasteiger partial charge in [-0.15, -0.1) is 0 Å². The monoisotopic (exact) mass is 272 g/mol. The Kier molecular flexibility index (Phi) is 3.34. The van der Waals surface area contributed by atoms with Crippen molar-refractivity contribution in [1.82, 2.24) is 0 Å². The van der Waals surface area contributed by atoms with Crippen molar-refractivity contribution in [1.29, 1.82) is 0 Å². The molecule has 0 amide bonds. The van der Waals surface area contributed by atoms with E-state index in [1.807, 2.05) is 0 Å². The number of nitrogens with two attached hydrogens (primary N) is 1. The summed E-state index contributed by atoms with van der Waals surface area (Å²) in [6.07, 6.45) is 0. The fourth-order valence-corrected chi connectivity index (χ4v) is 1.58. The maximum atomic E-state index is 13.4. The molecule has 0 radical (unpaired) electrons.